The maximum absolute atomic E-state index is 6.05. The summed E-state index contributed by atoms with van der Waals surface area (Å²) in [5.41, 5.74) is 8.23. The van der Waals surface area contributed by atoms with E-state index >= 15 is 0 Å². The van der Waals surface area contributed by atoms with Crippen molar-refractivity contribution in [3.63, 3.8) is 0 Å². The first-order valence-electron chi connectivity index (χ1n) is 7.15. The highest BCUT2D eigenvalue weighted by atomic mass is 32.1. The summed E-state index contributed by atoms with van der Waals surface area (Å²) < 4.78 is 6.05. The number of thiophene rings is 1. The molecule has 0 fully saturated rings. The summed E-state index contributed by atoms with van der Waals surface area (Å²) in [6.07, 6.45) is 1.12. The zero-order valence-corrected chi connectivity index (χ0v) is 13.3. The number of para-hydroxylation sites is 1. The fraction of sp³-hybridized carbons (Fsp3) is 0.412. The molecular weight excluding hydrogens is 266 g/mol. The maximum Gasteiger partial charge on any atom is 0.123 e. The van der Waals surface area contributed by atoms with Crippen molar-refractivity contribution in [1.29, 1.82) is 0 Å². The van der Waals surface area contributed by atoms with Crippen molar-refractivity contribution in [2.75, 3.05) is 0 Å². The molecule has 20 heavy (non-hydrogen) atoms. The number of nitrogens with two attached hydrogens (primary N) is 1. The Hall–Kier alpha value is -1.32. The lowest BCUT2D eigenvalue weighted by Gasteiger charge is -2.15. The molecule has 2 N–H and O–H groups in total. The van der Waals surface area contributed by atoms with Gasteiger partial charge in [-0.1, -0.05) is 32.0 Å². The van der Waals surface area contributed by atoms with Crippen LogP contribution >= 0.6 is 11.3 Å². The van der Waals surface area contributed by atoms with Gasteiger partial charge in [-0.25, -0.2) is 0 Å². The molecule has 0 saturated heterocycles. The first kappa shape index (κ1) is 15.1. The van der Waals surface area contributed by atoms with E-state index in [1.54, 1.807) is 11.3 Å². The first-order valence-corrected chi connectivity index (χ1v) is 7.97. The zero-order valence-electron chi connectivity index (χ0n) is 12.5. The SMILES string of the molecule is CCC(C)c1ccccc1OCc1cc(CN)sc1C. The monoisotopic (exact) mass is 289 g/mol. The second-order valence-electron chi connectivity index (χ2n) is 5.13. The Labute approximate surface area is 125 Å². The van der Waals surface area contributed by atoms with Crippen molar-refractivity contribution in [2.45, 2.75) is 46.3 Å². The van der Waals surface area contributed by atoms with Crippen LogP contribution in [0.1, 0.15) is 47.1 Å². The van der Waals surface area contributed by atoms with Crippen LogP contribution in [0, 0.1) is 6.92 Å². The zero-order chi connectivity index (χ0) is 14.5. The molecule has 0 spiro atoms. The second-order valence-corrected chi connectivity index (χ2v) is 6.47. The van der Waals surface area contributed by atoms with E-state index in [-0.39, 0.29) is 0 Å². The summed E-state index contributed by atoms with van der Waals surface area (Å²) >= 11 is 1.76. The molecule has 1 atom stereocenters. The molecule has 2 nitrogen and oxygen atoms in total. The van der Waals surface area contributed by atoms with E-state index < -0.39 is 0 Å². The molecule has 1 aromatic carbocycles. The van der Waals surface area contributed by atoms with Crippen molar-refractivity contribution in [3.05, 3.63) is 51.2 Å². The topological polar surface area (TPSA) is 35.2 Å². The van der Waals surface area contributed by atoms with Crippen LogP contribution in [0.5, 0.6) is 5.75 Å². The number of benzene rings is 1. The summed E-state index contributed by atoms with van der Waals surface area (Å²) in [7, 11) is 0. The lowest BCUT2D eigenvalue weighted by molar-refractivity contribution is 0.301. The van der Waals surface area contributed by atoms with Gasteiger partial charge in [-0.2, -0.15) is 0 Å². The average Bonchev–Trinajstić information content (AvgIpc) is 2.85. The van der Waals surface area contributed by atoms with Gasteiger partial charge in [0.2, 0.25) is 0 Å². The highest BCUT2D eigenvalue weighted by Crippen LogP contribution is 2.30. The van der Waals surface area contributed by atoms with E-state index in [0.717, 1.165) is 12.2 Å². The quantitative estimate of drug-likeness (QED) is 0.843. The second kappa shape index (κ2) is 6.91. The first-order chi connectivity index (χ1) is 9.65. The van der Waals surface area contributed by atoms with Gasteiger partial charge in [0.1, 0.15) is 12.4 Å². The van der Waals surface area contributed by atoms with Crippen LogP contribution in [0.2, 0.25) is 0 Å². The van der Waals surface area contributed by atoms with Crippen molar-refractivity contribution in [3.8, 4) is 5.75 Å². The minimum absolute atomic E-state index is 0.523. The molecule has 0 radical (unpaired) electrons. The van der Waals surface area contributed by atoms with Crippen LogP contribution in [-0.2, 0) is 13.2 Å². The number of rotatable bonds is 6. The van der Waals surface area contributed by atoms with Gasteiger partial charge < -0.3 is 10.5 Å². The molecule has 1 aromatic heterocycles. The normalized spacial score (nSPS) is 12.4. The van der Waals surface area contributed by atoms with Gasteiger partial charge in [-0.05, 0) is 37.0 Å². The Morgan fingerprint density at radius 1 is 1.30 bits per heavy atom. The van der Waals surface area contributed by atoms with Gasteiger partial charge in [0.05, 0.1) is 0 Å². The number of aryl methyl sites for hydroxylation is 1. The van der Waals surface area contributed by atoms with Crippen molar-refractivity contribution in [2.24, 2.45) is 5.73 Å². The van der Waals surface area contributed by atoms with E-state index in [1.165, 1.54) is 20.9 Å². The predicted octanol–water partition coefficient (Wildman–Crippen LogP) is 4.61. The van der Waals surface area contributed by atoms with Crippen LogP contribution in [0.15, 0.2) is 30.3 Å². The third-order valence-corrected chi connectivity index (χ3v) is 4.83. The molecule has 0 aliphatic heterocycles. The van der Waals surface area contributed by atoms with Crippen molar-refractivity contribution < 1.29 is 4.74 Å². The van der Waals surface area contributed by atoms with Crippen LogP contribution in [0.3, 0.4) is 0 Å². The third-order valence-electron chi connectivity index (χ3n) is 3.72. The molecule has 2 aromatic rings. The Morgan fingerprint density at radius 3 is 2.70 bits per heavy atom. The van der Waals surface area contributed by atoms with Gasteiger partial charge in [0.25, 0.3) is 0 Å². The lowest BCUT2D eigenvalue weighted by Crippen LogP contribution is -2.01. The highest BCUT2D eigenvalue weighted by Gasteiger charge is 2.11. The summed E-state index contributed by atoms with van der Waals surface area (Å²) in [6, 6.07) is 10.5. The maximum atomic E-state index is 6.05. The summed E-state index contributed by atoms with van der Waals surface area (Å²) in [6.45, 7) is 7.80. The summed E-state index contributed by atoms with van der Waals surface area (Å²) in [5.74, 6) is 1.52. The number of hydrogen-bond donors (Lipinski definition) is 1. The van der Waals surface area contributed by atoms with Crippen LogP contribution in [-0.4, -0.2) is 0 Å². The predicted molar refractivity (Wildman–Crippen MR) is 86.4 cm³/mol. The smallest absolute Gasteiger partial charge is 0.123 e. The summed E-state index contributed by atoms with van der Waals surface area (Å²) in [5, 5.41) is 0. The average molecular weight is 289 g/mol. The van der Waals surface area contributed by atoms with E-state index in [2.05, 4.69) is 45.0 Å². The standard InChI is InChI=1S/C17H23NOS/c1-4-12(2)16-7-5-6-8-17(16)19-11-14-9-15(10-18)20-13(14)3/h5-9,12H,4,10-11,18H2,1-3H3. The Kier molecular flexibility index (Phi) is 5.21. The molecular formula is C17H23NOS. The van der Waals surface area contributed by atoms with Gasteiger partial charge in [0.15, 0.2) is 0 Å². The highest BCUT2D eigenvalue weighted by molar-refractivity contribution is 7.12. The molecule has 0 saturated carbocycles. The molecule has 0 amide bonds. The fourth-order valence-corrected chi connectivity index (χ4v) is 3.15. The van der Waals surface area contributed by atoms with Crippen LogP contribution in [0.4, 0.5) is 0 Å². The molecule has 1 heterocycles. The minimum atomic E-state index is 0.523. The Balaban J connectivity index is 2.12. The Bertz CT molecular complexity index is 562. The van der Waals surface area contributed by atoms with E-state index in [1.807, 2.05) is 6.07 Å². The van der Waals surface area contributed by atoms with Crippen molar-refractivity contribution >= 4 is 11.3 Å². The third kappa shape index (κ3) is 3.41. The molecule has 3 heteroatoms. The molecule has 0 bridgehead atoms. The van der Waals surface area contributed by atoms with Gasteiger partial charge >= 0.3 is 0 Å². The lowest BCUT2D eigenvalue weighted by atomic mass is 9.98. The van der Waals surface area contributed by atoms with Crippen LogP contribution < -0.4 is 10.5 Å². The fourth-order valence-electron chi connectivity index (χ4n) is 2.23. The number of hydrogen-bond acceptors (Lipinski definition) is 3. The van der Waals surface area contributed by atoms with E-state index in [4.69, 9.17) is 10.5 Å². The minimum Gasteiger partial charge on any atom is -0.489 e. The van der Waals surface area contributed by atoms with E-state index in [0.29, 0.717) is 19.1 Å². The van der Waals surface area contributed by atoms with Gasteiger partial charge in [0, 0.05) is 21.9 Å². The number of ether oxygens (including phenoxy) is 1. The largest absolute Gasteiger partial charge is 0.489 e. The molecule has 0 aliphatic rings. The molecule has 0 aliphatic carbocycles. The van der Waals surface area contributed by atoms with Gasteiger partial charge in [-0.15, -0.1) is 11.3 Å². The molecule has 108 valence electrons. The van der Waals surface area contributed by atoms with Gasteiger partial charge in [-0.3, -0.25) is 0 Å². The van der Waals surface area contributed by atoms with Crippen LogP contribution in [0.25, 0.3) is 0 Å². The molecule has 2 rings (SSSR count). The molecule has 1 unspecified atom stereocenters. The van der Waals surface area contributed by atoms with E-state index in [9.17, 15) is 0 Å². The summed E-state index contributed by atoms with van der Waals surface area (Å²) in [4.78, 5) is 2.52. The van der Waals surface area contributed by atoms with Crippen molar-refractivity contribution in [1.82, 2.24) is 0 Å². The Morgan fingerprint density at radius 2 is 2.05 bits per heavy atom.